The van der Waals surface area contributed by atoms with Crippen molar-refractivity contribution < 1.29 is 4.42 Å². The number of aromatic amines is 1. The molecule has 5 heteroatoms. The van der Waals surface area contributed by atoms with Gasteiger partial charge in [0.2, 0.25) is 5.71 Å². The van der Waals surface area contributed by atoms with E-state index >= 15 is 0 Å². The van der Waals surface area contributed by atoms with Crippen LogP contribution in [0.5, 0.6) is 0 Å². The predicted octanol–water partition coefficient (Wildman–Crippen LogP) is 1.17. The van der Waals surface area contributed by atoms with Crippen LogP contribution in [-0.4, -0.2) is 9.97 Å². The van der Waals surface area contributed by atoms with Crippen LogP contribution in [0.3, 0.4) is 0 Å². The zero-order valence-corrected chi connectivity index (χ0v) is 6.05. The molecule has 0 saturated heterocycles. The minimum atomic E-state index is -0.541. The van der Waals surface area contributed by atoms with Crippen molar-refractivity contribution in [2.75, 3.05) is 0 Å². The fourth-order valence-corrected chi connectivity index (χ4v) is 1.01. The third kappa shape index (κ3) is 0.914. The third-order valence-electron chi connectivity index (χ3n) is 1.28. The number of fused-ring (bicyclic) bond motifs is 1. The van der Waals surface area contributed by atoms with E-state index in [9.17, 15) is 4.79 Å². The first-order valence-corrected chi connectivity index (χ1v) is 3.28. The van der Waals surface area contributed by atoms with E-state index in [-0.39, 0.29) is 5.71 Å². The van der Waals surface area contributed by atoms with E-state index in [4.69, 9.17) is 11.6 Å². The summed E-state index contributed by atoms with van der Waals surface area (Å²) in [5.74, 6) is -0.541. The monoisotopic (exact) mass is 170 g/mol. The zero-order chi connectivity index (χ0) is 7.84. The quantitative estimate of drug-likeness (QED) is 0.646. The second-order valence-electron chi connectivity index (χ2n) is 1.99. The number of nitrogens with zero attached hydrogens (tertiary/aromatic N) is 1. The average molecular weight is 171 g/mol. The van der Waals surface area contributed by atoms with Gasteiger partial charge in [-0.25, -0.2) is 9.78 Å². The Labute approximate surface area is 65.8 Å². The maximum absolute atomic E-state index is 10.6. The molecule has 0 aliphatic heterocycles. The number of hydrogen-bond acceptors (Lipinski definition) is 3. The van der Waals surface area contributed by atoms with Crippen LogP contribution in [0.2, 0.25) is 5.02 Å². The van der Waals surface area contributed by atoms with Gasteiger partial charge < -0.3 is 4.42 Å². The molecule has 2 heterocycles. The molecule has 56 valence electrons. The first-order valence-electron chi connectivity index (χ1n) is 2.91. The van der Waals surface area contributed by atoms with Gasteiger partial charge in [0.1, 0.15) is 5.52 Å². The lowest BCUT2D eigenvalue weighted by atomic mass is 10.4. The number of hydrogen-bond donors (Lipinski definition) is 1. The Morgan fingerprint density at radius 2 is 2.45 bits per heavy atom. The normalized spacial score (nSPS) is 10.6. The summed E-state index contributed by atoms with van der Waals surface area (Å²) in [6.07, 6.45) is 1.47. The summed E-state index contributed by atoms with van der Waals surface area (Å²) < 4.78 is 4.64. The molecule has 0 spiro atoms. The lowest BCUT2D eigenvalue weighted by Gasteiger charge is -1.86. The van der Waals surface area contributed by atoms with Gasteiger partial charge in [-0.3, -0.25) is 4.98 Å². The Morgan fingerprint density at radius 3 is 3.18 bits per heavy atom. The second kappa shape index (κ2) is 2.10. The van der Waals surface area contributed by atoms with Crippen molar-refractivity contribution in [1.82, 2.24) is 9.97 Å². The van der Waals surface area contributed by atoms with E-state index in [1.165, 1.54) is 6.20 Å². The number of rotatable bonds is 0. The molecule has 0 fully saturated rings. The summed E-state index contributed by atoms with van der Waals surface area (Å²) in [4.78, 5) is 16.8. The van der Waals surface area contributed by atoms with Crippen molar-refractivity contribution >= 4 is 22.8 Å². The smallest absolute Gasteiger partial charge is 0.389 e. The molecule has 0 aliphatic carbocycles. The van der Waals surface area contributed by atoms with Crippen LogP contribution < -0.4 is 5.76 Å². The highest BCUT2D eigenvalue weighted by atomic mass is 35.5. The standard InChI is InChI=1S/C6H3ClN2O2/c7-3-1-2-8-5-4(3)9-6(10)11-5/h1-2H,(H,9,10). The van der Waals surface area contributed by atoms with E-state index in [2.05, 4.69) is 14.4 Å². The molecular weight excluding hydrogens is 168 g/mol. The van der Waals surface area contributed by atoms with E-state index in [1.807, 2.05) is 0 Å². The first kappa shape index (κ1) is 6.42. The summed E-state index contributed by atoms with van der Waals surface area (Å²) in [6.45, 7) is 0. The lowest BCUT2D eigenvalue weighted by molar-refractivity contribution is 0.545. The third-order valence-corrected chi connectivity index (χ3v) is 1.60. The van der Waals surface area contributed by atoms with Crippen LogP contribution >= 0.6 is 11.6 Å². The summed E-state index contributed by atoms with van der Waals surface area (Å²) >= 11 is 5.70. The summed E-state index contributed by atoms with van der Waals surface area (Å²) in [6, 6.07) is 1.58. The zero-order valence-electron chi connectivity index (χ0n) is 5.30. The molecule has 2 aromatic heterocycles. The van der Waals surface area contributed by atoms with Crippen molar-refractivity contribution in [2.24, 2.45) is 0 Å². The van der Waals surface area contributed by atoms with Crippen LogP contribution in [0.15, 0.2) is 21.5 Å². The minimum Gasteiger partial charge on any atom is -0.389 e. The number of halogens is 1. The van der Waals surface area contributed by atoms with E-state index < -0.39 is 5.76 Å². The molecular formula is C6H3ClN2O2. The summed E-state index contributed by atoms with van der Waals surface area (Å²) in [5, 5.41) is 0.431. The molecule has 11 heavy (non-hydrogen) atoms. The van der Waals surface area contributed by atoms with Gasteiger partial charge in [-0.05, 0) is 6.07 Å². The van der Waals surface area contributed by atoms with Crippen LogP contribution in [0.25, 0.3) is 11.2 Å². The first-order chi connectivity index (χ1) is 5.27. The van der Waals surface area contributed by atoms with Gasteiger partial charge in [-0.2, -0.15) is 0 Å². The van der Waals surface area contributed by atoms with Gasteiger partial charge in [0.05, 0.1) is 5.02 Å². The Kier molecular flexibility index (Phi) is 1.22. The topological polar surface area (TPSA) is 58.9 Å². The Bertz CT molecular complexity index is 445. The van der Waals surface area contributed by atoms with Crippen molar-refractivity contribution in [3.8, 4) is 0 Å². The summed E-state index contributed by atoms with van der Waals surface area (Å²) in [7, 11) is 0. The number of oxazole rings is 1. The highest BCUT2D eigenvalue weighted by Gasteiger charge is 2.03. The molecule has 0 saturated carbocycles. The van der Waals surface area contributed by atoms with E-state index in [1.54, 1.807) is 6.07 Å². The van der Waals surface area contributed by atoms with Crippen LogP contribution in [-0.2, 0) is 0 Å². The van der Waals surface area contributed by atoms with E-state index in [0.717, 1.165) is 0 Å². The number of H-pyrrole nitrogens is 1. The average Bonchev–Trinajstić information content (AvgIpc) is 2.31. The fourth-order valence-electron chi connectivity index (χ4n) is 0.826. The SMILES string of the molecule is O=c1[nH]c2c(Cl)ccnc2o1. The molecule has 2 aromatic rings. The molecule has 0 atom stereocenters. The van der Waals surface area contributed by atoms with Crippen molar-refractivity contribution in [2.45, 2.75) is 0 Å². The fraction of sp³-hybridized carbons (Fsp3) is 0. The molecule has 4 nitrogen and oxygen atoms in total. The summed E-state index contributed by atoms with van der Waals surface area (Å²) in [5.41, 5.74) is 0.682. The van der Waals surface area contributed by atoms with Crippen molar-refractivity contribution in [1.29, 1.82) is 0 Å². The minimum absolute atomic E-state index is 0.238. The largest absolute Gasteiger partial charge is 0.418 e. The maximum Gasteiger partial charge on any atom is 0.418 e. The predicted molar refractivity (Wildman–Crippen MR) is 39.6 cm³/mol. The Morgan fingerprint density at radius 1 is 1.64 bits per heavy atom. The molecule has 0 unspecified atom stereocenters. The van der Waals surface area contributed by atoms with Gasteiger partial charge >= 0.3 is 5.76 Å². The molecule has 0 amide bonds. The van der Waals surface area contributed by atoms with Crippen LogP contribution in [0.1, 0.15) is 0 Å². The van der Waals surface area contributed by atoms with Crippen molar-refractivity contribution in [3.05, 3.63) is 27.8 Å². The Hall–Kier alpha value is -1.29. The maximum atomic E-state index is 10.6. The van der Waals surface area contributed by atoms with Gasteiger partial charge in [-0.15, -0.1) is 0 Å². The van der Waals surface area contributed by atoms with E-state index in [0.29, 0.717) is 10.5 Å². The number of pyridine rings is 1. The van der Waals surface area contributed by atoms with Crippen molar-refractivity contribution in [3.63, 3.8) is 0 Å². The molecule has 1 N–H and O–H groups in total. The van der Waals surface area contributed by atoms with Gasteiger partial charge in [0, 0.05) is 6.20 Å². The highest BCUT2D eigenvalue weighted by Crippen LogP contribution is 2.16. The van der Waals surface area contributed by atoms with Crippen LogP contribution in [0, 0.1) is 0 Å². The Balaban J connectivity index is 3.01. The molecule has 2 rings (SSSR count). The number of aromatic nitrogens is 2. The van der Waals surface area contributed by atoms with Gasteiger partial charge in [0.25, 0.3) is 0 Å². The van der Waals surface area contributed by atoms with Gasteiger partial charge in [-0.1, -0.05) is 11.6 Å². The lowest BCUT2D eigenvalue weighted by Crippen LogP contribution is -1.93. The highest BCUT2D eigenvalue weighted by molar-refractivity contribution is 6.34. The number of nitrogens with one attached hydrogen (secondary N) is 1. The molecule has 0 aliphatic rings. The molecule has 0 aromatic carbocycles. The second-order valence-corrected chi connectivity index (χ2v) is 2.39. The molecule has 0 bridgehead atoms. The molecule has 0 radical (unpaired) electrons. The van der Waals surface area contributed by atoms with Gasteiger partial charge in [0.15, 0.2) is 0 Å². The van der Waals surface area contributed by atoms with Crippen LogP contribution in [0.4, 0.5) is 0 Å².